The molecule has 1 aliphatic heterocycles. The van der Waals surface area contributed by atoms with Crippen LogP contribution in [0.1, 0.15) is 43.5 Å². The zero-order chi connectivity index (χ0) is 34.8. The van der Waals surface area contributed by atoms with E-state index in [2.05, 4.69) is 45.4 Å². The standard InChI is InChI=1S/C37H40N4O8/c1-5-46-31-18-24(12-15-29(31)48-21-25-11-13-26-9-7-8-10-27(26)17-25)20-38-41-33(42)22-49-30-16-14-28(19-32(30)47-6-2)35-34(36(43)45-4)23(3)39-37(44)40-35/h7-20,33,35,41-42H,5-6,21-22H2,1-4H3,(H2,39,40,44)/b38-20-/t33-,35+/m1/s1. The molecule has 0 aromatic heterocycles. The third kappa shape index (κ3) is 8.79. The number of ether oxygens (including phenoxy) is 5. The van der Waals surface area contributed by atoms with Crippen LogP contribution in [0.15, 0.2) is 95.2 Å². The van der Waals surface area contributed by atoms with Gasteiger partial charge in [-0.15, -0.1) is 0 Å². The topological polar surface area (TPSA) is 149 Å². The predicted molar refractivity (Wildman–Crippen MR) is 185 cm³/mol. The van der Waals surface area contributed by atoms with Crippen molar-refractivity contribution in [3.8, 4) is 23.0 Å². The average Bonchev–Trinajstić information content (AvgIpc) is 3.10. The van der Waals surface area contributed by atoms with Gasteiger partial charge in [0.05, 0.1) is 38.2 Å². The highest BCUT2D eigenvalue weighted by Crippen LogP contribution is 2.35. The number of aliphatic hydroxyl groups is 1. The number of amides is 2. The lowest BCUT2D eigenvalue weighted by molar-refractivity contribution is -0.136. The van der Waals surface area contributed by atoms with E-state index in [1.165, 1.54) is 12.5 Å². The number of hydrazone groups is 1. The first-order valence-corrected chi connectivity index (χ1v) is 15.9. The Morgan fingerprint density at radius 1 is 0.898 bits per heavy atom. The number of fused-ring (bicyclic) bond motifs is 1. The maximum absolute atomic E-state index is 12.5. The monoisotopic (exact) mass is 668 g/mol. The van der Waals surface area contributed by atoms with Gasteiger partial charge in [0, 0.05) is 5.70 Å². The highest BCUT2D eigenvalue weighted by molar-refractivity contribution is 5.95. The number of hydrogen-bond donors (Lipinski definition) is 4. The smallest absolute Gasteiger partial charge is 0.337 e. The maximum atomic E-state index is 12.5. The molecule has 1 heterocycles. The molecule has 0 saturated heterocycles. The number of nitrogens with one attached hydrogen (secondary N) is 3. The quantitative estimate of drug-likeness (QED) is 0.0570. The number of rotatable bonds is 15. The lowest BCUT2D eigenvalue weighted by Gasteiger charge is -2.28. The van der Waals surface area contributed by atoms with E-state index < -0.39 is 24.3 Å². The number of methoxy groups -OCH3 is 1. The minimum atomic E-state index is -1.15. The van der Waals surface area contributed by atoms with Crippen LogP contribution in [-0.4, -0.2) is 56.5 Å². The summed E-state index contributed by atoms with van der Waals surface area (Å²) in [6.45, 7) is 6.38. The van der Waals surface area contributed by atoms with E-state index in [4.69, 9.17) is 23.7 Å². The van der Waals surface area contributed by atoms with E-state index >= 15 is 0 Å². The summed E-state index contributed by atoms with van der Waals surface area (Å²) in [5.74, 6) is 1.35. The SMILES string of the molecule is CCOc1cc(/C=N\N[C@H](O)COc2ccc([C@@H]3NC(=O)NC(C)=C3C(=O)OC)cc2OCC)ccc1OCc1ccc2ccccc2c1. The van der Waals surface area contributed by atoms with Gasteiger partial charge in [0.15, 0.2) is 29.2 Å². The van der Waals surface area contributed by atoms with Gasteiger partial charge in [-0.2, -0.15) is 5.10 Å². The number of urea groups is 1. The summed E-state index contributed by atoms with van der Waals surface area (Å²) in [6, 6.07) is 23.7. The van der Waals surface area contributed by atoms with Crippen LogP contribution in [0, 0.1) is 0 Å². The lowest BCUT2D eigenvalue weighted by Crippen LogP contribution is -2.45. The number of nitrogens with zero attached hydrogens (tertiary/aromatic N) is 1. The van der Waals surface area contributed by atoms with E-state index in [-0.39, 0.29) is 12.2 Å². The molecule has 4 aromatic rings. The molecule has 0 fully saturated rings. The molecule has 5 rings (SSSR count). The second-order valence-electron chi connectivity index (χ2n) is 11.0. The van der Waals surface area contributed by atoms with Gasteiger partial charge in [-0.1, -0.05) is 42.5 Å². The van der Waals surface area contributed by atoms with Crippen molar-refractivity contribution in [2.45, 2.75) is 39.6 Å². The lowest BCUT2D eigenvalue weighted by atomic mass is 9.95. The van der Waals surface area contributed by atoms with E-state index in [9.17, 15) is 14.7 Å². The third-order valence-corrected chi connectivity index (χ3v) is 7.59. The summed E-state index contributed by atoms with van der Waals surface area (Å²) in [5.41, 5.74) is 5.69. The van der Waals surface area contributed by atoms with E-state index in [0.29, 0.717) is 54.1 Å². The fraction of sp³-hybridized carbons (Fsp3) is 0.270. The number of esters is 1. The van der Waals surface area contributed by atoms with E-state index in [0.717, 1.165) is 16.5 Å². The Labute approximate surface area is 284 Å². The fourth-order valence-electron chi connectivity index (χ4n) is 5.30. The minimum absolute atomic E-state index is 0.154. The van der Waals surface area contributed by atoms with Crippen molar-refractivity contribution in [2.24, 2.45) is 5.10 Å². The fourth-order valence-corrected chi connectivity index (χ4v) is 5.30. The van der Waals surface area contributed by atoms with Crippen LogP contribution in [0.5, 0.6) is 23.0 Å². The minimum Gasteiger partial charge on any atom is -0.490 e. The van der Waals surface area contributed by atoms with Crippen LogP contribution in [0.3, 0.4) is 0 Å². The van der Waals surface area contributed by atoms with E-state index in [1.54, 1.807) is 31.3 Å². The van der Waals surface area contributed by atoms with Gasteiger partial charge in [-0.3, -0.25) is 5.43 Å². The number of aliphatic hydroxyl groups excluding tert-OH is 1. The molecular formula is C37H40N4O8. The molecular weight excluding hydrogens is 628 g/mol. The van der Waals surface area contributed by atoms with Crippen LogP contribution >= 0.6 is 0 Å². The zero-order valence-electron chi connectivity index (χ0n) is 27.8. The second kappa shape index (κ2) is 16.4. The summed E-state index contributed by atoms with van der Waals surface area (Å²) >= 11 is 0. The molecule has 0 saturated carbocycles. The van der Waals surface area contributed by atoms with Crippen LogP contribution < -0.4 is 35.0 Å². The number of allylic oxidation sites excluding steroid dienone is 1. The summed E-state index contributed by atoms with van der Waals surface area (Å²) < 4.78 is 28.5. The molecule has 4 N–H and O–H groups in total. The molecule has 0 aliphatic carbocycles. The molecule has 0 unspecified atom stereocenters. The van der Waals surface area contributed by atoms with Crippen LogP contribution in [0.4, 0.5) is 4.79 Å². The van der Waals surface area contributed by atoms with Crippen molar-refractivity contribution in [3.05, 3.63) is 107 Å². The molecule has 0 bridgehead atoms. The molecule has 1 aliphatic rings. The van der Waals surface area contributed by atoms with Crippen molar-refractivity contribution in [1.29, 1.82) is 0 Å². The first kappa shape index (κ1) is 34.6. The van der Waals surface area contributed by atoms with Gasteiger partial charge >= 0.3 is 12.0 Å². The summed E-state index contributed by atoms with van der Waals surface area (Å²) in [6.07, 6.45) is 0.405. The number of carbonyl (C=O) groups excluding carboxylic acids is 2. The van der Waals surface area contributed by atoms with Gasteiger partial charge in [0.2, 0.25) is 0 Å². The van der Waals surface area contributed by atoms with Gasteiger partial charge in [-0.25, -0.2) is 9.59 Å². The third-order valence-electron chi connectivity index (χ3n) is 7.59. The molecule has 2 amide bonds. The van der Waals surface area contributed by atoms with Crippen molar-refractivity contribution in [2.75, 3.05) is 26.9 Å². The molecule has 12 heteroatoms. The Hall–Kier alpha value is -5.75. The molecule has 12 nitrogen and oxygen atoms in total. The Morgan fingerprint density at radius 3 is 2.37 bits per heavy atom. The first-order valence-electron chi connectivity index (χ1n) is 15.9. The largest absolute Gasteiger partial charge is 0.490 e. The van der Waals surface area contributed by atoms with Crippen LogP contribution in [0.2, 0.25) is 0 Å². The highest BCUT2D eigenvalue weighted by atomic mass is 16.5. The molecule has 49 heavy (non-hydrogen) atoms. The normalized spacial score (nSPS) is 15.0. The first-order chi connectivity index (χ1) is 23.8. The summed E-state index contributed by atoms with van der Waals surface area (Å²) in [5, 5.41) is 22.4. The Bertz CT molecular complexity index is 1860. The molecule has 256 valence electrons. The molecule has 4 aromatic carbocycles. The van der Waals surface area contributed by atoms with Crippen molar-refractivity contribution in [3.63, 3.8) is 0 Å². The van der Waals surface area contributed by atoms with Crippen molar-refractivity contribution >= 4 is 29.0 Å². The van der Waals surface area contributed by atoms with Crippen LogP contribution in [0.25, 0.3) is 10.8 Å². The predicted octanol–water partition coefficient (Wildman–Crippen LogP) is 5.34. The van der Waals surface area contributed by atoms with Gasteiger partial charge in [-0.05, 0) is 84.6 Å². The van der Waals surface area contributed by atoms with Gasteiger partial charge in [0.1, 0.15) is 13.2 Å². The Morgan fingerprint density at radius 2 is 1.61 bits per heavy atom. The molecule has 2 atom stereocenters. The zero-order valence-corrected chi connectivity index (χ0v) is 27.8. The summed E-state index contributed by atoms with van der Waals surface area (Å²) in [4.78, 5) is 24.7. The Balaban J connectivity index is 1.19. The van der Waals surface area contributed by atoms with Gasteiger partial charge in [0.25, 0.3) is 0 Å². The van der Waals surface area contributed by atoms with Gasteiger partial charge < -0.3 is 39.4 Å². The number of benzene rings is 4. The summed E-state index contributed by atoms with van der Waals surface area (Å²) in [7, 11) is 1.28. The van der Waals surface area contributed by atoms with E-state index in [1.807, 2.05) is 50.2 Å². The Kier molecular flexibility index (Phi) is 11.6. The maximum Gasteiger partial charge on any atom is 0.337 e. The van der Waals surface area contributed by atoms with Crippen molar-refractivity contribution < 1.29 is 38.4 Å². The average molecular weight is 669 g/mol. The number of hydrogen-bond acceptors (Lipinski definition) is 10. The highest BCUT2D eigenvalue weighted by Gasteiger charge is 2.32. The van der Waals surface area contributed by atoms with Crippen molar-refractivity contribution in [1.82, 2.24) is 16.1 Å². The molecule has 0 spiro atoms. The number of carbonyl (C=O) groups is 2. The molecule has 0 radical (unpaired) electrons. The van der Waals surface area contributed by atoms with Crippen LogP contribution in [-0.2, 0) is 16.1 Å². The second-order valence-corrected chi connectivity index (χ2v) is 11.0.